The van der Waals surface area contributed by atoms with Gasteiger partial charge in [0.15, 0.2) is 5.11 Å². The van der Waals surface area contributed by atoms with Crippen LogP contribution in [0.4, 0.5) is 0 Å². The van der Waals surface area contributed by atoms with E-state index in [0.717, 1.165) is 0 Å². The van der Waals surface area contributed by atoms with Crippen LogP contribution in [0.5, 0.6) is 0 Å². The maximum absolute atomic E-state index is 4.62. The monoisotopic (exact) mass is 139 g/mol. The first-order valence-corrected chi connectivity index (χ1v) is 1.19. The molecule has 0 saturated heterocycles. The first-order valence-electron chi connectivity index (χ1n) is 0.781. The molecule has 0 aromatic carbocycles. The van der Waals surface area contributed by atoms with Crippen LogP contribution < -0.4 is 11.5 Å². The van der Waals surface area contributed by atoms with Gasteiger partial charge in [0.1, 0.15) is 0 Å². The van der Waals surface area contributed by atoms with Gasteiger partial charge in [-0.3, -0.25) is 0 Å². The third-order valence-corrected chi connectivity index (χ3v) is 0. The normalized spacial score (nSPS) is 4.80. The van der Waals surface area contributed by atoms with Gasteiger partial charge in [0.05, 0.1) is 0 Å². The molecule has 0 bridgehead atoms. The second-order valence-electron chi connectivity index (χ2n) is 0.402. The van der Waals surface area contributed by atoms with Crippen molar-refractivity contribution in [2.75, 3.05) is 0 Å². The fourth-order valence-electron chi connectivity index (χ4n) is 0. The quantitative estimate of drug-likeness (QED) is 0.341. The van der Waals surface area contributed by atoms with Crippen LogP contribution in [0, 0.1) is 0 Å². The number of thiocarbonyl (C=S) groups is 1. The fourth-order valence-corrected chi connectivity index (χ4v) is 0. The molecule has 0 saturated carbocycles. The number of hydrogen-bond acceptors (Lipinski definition) is 1. The zero-order chi connectivity index (χ0) is 3.58. The first kappa shape index (κ1) is 8.96. The van der Waals surface area contributed by atoms with Crippen molar-refractivity contribution in [3.8, 4) is 0 Å². The average Bonchev–Trinajstić information content (AvgIpc) is 0.811. The van der Waals surface area contributed by atoms with Gasteiger partial charge in [-0.2, -0.15) is 0 Å². The molecule has 0 rings (SSSR count). The van der Waals surface area contributed by atoms with Crippen LogP contribution >= 0.6 is 12.2 Å². The van der Waals surface area contributed by atoms with E-state index in [0.29, 0.717) is 0 Å². The molecule has 0 aromatic heterocycles. The van der Waals surface area contributed by atoms with E-state index < -0.39 is 0 Å². The Morgan fingerprint density at radius 2 is 1.40 bits per heavy atom. The van der Waals surface area contributed by atoms with Gasteiger partial charge in [-0.15, -0.1) is 0 Å². The van der Waals surface area contributed by atoms with Crippen molar-refractivity contribution in [3.63, 3.8) is 0 Å². The van der Waals surface area contributed by atoms with Crippen LogP contribution in [0.25, 0.3) is 0 Å². The molecule has 2 nitrogen and oxygen atoms in total. The Hall–Kier alpha value is 0.209. The Kier molecular flexibility index (Phi) is 7.54. The van der Waals surface area contributed by atoms with Gasteiger partial charge >= 0.3 is 17.1 Å². The summed E-state index contributed by atoms with van der Waals surface area (Å²) in [6, 6.07) is 0. The summed E-state index contributed by atoms with van der Waals surface area (Å²) in [5.74, 6) is 0. The van der Waals surface area contributed by atoms with Gasteiger partial charge < -0.3 is 11.5 Å². The smallest absolute Gasteiger partial charge is 0.377 e. The maximum atomic E-state index is 4.62. The molecule has 0 heterocycles. The predicted molar refractivity (Wildman–Crippen MR) is 21.0 cm³/mol. The van der Waals surface area contributed by atoms with Crippen LogP contribution in [-0.4, -0.2) is 5.11 Å². The van der Waals surface area contributed by atoms with Crippen molar-refractivity contribution in [2.45, 2.75) is 0 Å². The molecule has 33 valence electrons. The standard InChI is InChI=1S/CH4N2S.Cu/c2-1(3)4;/h(H4,2,3,4);/q;+2. The predicted octanol–water partition coefficient (Wildman–Crippen LogP) is -0.814. The minimum absolute atomic E-state index is 0. The first-order chi connectivity index (χ1) is 1.73. The molecule has 4 heteroatoms. The van der Waals surface area contributed by atoms with Crippen molar-refractivity contribution in [3.05, 3.63) is 0 Å². The van der Waals surface area contributed by atoms with Gasteiger partial charge in [-0.25, -0.2) is 0 Å². The number of nitrogens with two attached hydrogens (primary N) is 2. The molecule has 0 amide bonds. The summed E-state index contributed by atoms with van der Waals surface area (Å²) in [5, 5.41) is 0.000000000000000222. The van der Waals surface area contributed by atoms with Crippen molar-refractivity contribution in [2.24, 2.45) is 11.5 Å². The second kappa shape index (κ2) is 4.21. The summed E-state index contributed by atoms with van der Waals surface area (Å²) < 4.78 is 0. The third kappa shape index (κ3) is 468. The molecule has 0 aliphatic heterocycles. The molecule has 0 unspecified atom stereocenters. The van der Waals surface area contributed by atoms with E-state index in [1.807, 2.05) is 0 Å². The van der Waals surface area contributed by atoms with Gasteiger partial charge in [-0.1, -0.05) is 0 Å². The minimum Gasteiger partial charge on any atom is -0.377 e. The molecule has 0 fully saturated rings. The van der Waals surface area contributed by atoms with E-state index in [2.05, 4.69) is 23.7 Å². The molecule has 0 aromatic rings. The van der Waals surface area contributed by atoms with Gasteiger partial charge in [0.2, 0.25) is 0 Å². The van der Waals surface area contributed by atoms with Crippen molar-refractivity contribution in [1.29, 1.82) is 0 Å². The SMILES string of the molecule is NC(N)=S.[Cu+2]. The number of rotatable bonds is 0. The largest absolute Gasteiger partial charge is 2.00 e. The molecule has 0 atom stereocenters. The van der Waals surface area contributed by atoms with E-state index in [1.165, 1.54) is 0 Å². The second-order valence-corrected chi connectivity index (χ2v) is 0.874. The van der Waals surface area contributed by atoms with E-state index >= 15 is 0 Å². The Morgan fingerprint density at radius 3 is 1.40 bits per heavy atom. The zero-order valence-corrected chi connectivity index (χ0v) is 4.12. The molecule has 0 aliphatic rings. The van der Waals surface area contributed by atoms with Gasteiger partial charge in [0.25, 0.3) is 0 Å². The van der Waals surface area contributed by atoms with E-state index in [4.69, 9.17) is 0 Å². The van der Waals surface area contributed by atoms with E-state index in [9.17, 15) is 0 Å². The summed E-state index contributed by atoms with van der Waals surface area (Å²) in [6.45, 7) is 0. The maximum Gasteiger partial charge on any atom is 2.00 e. The Balaban J connectivity index is 0. The number of hydrogen-bond donors (Lipinski definition) is 2. The molecule has 0 spiro atoms. The fraction of sp³-hybridized carbons (Fsp3) is 0. The molecular weight excluding hydrogens is 136 g/mol. The van der Waals surface area contributed by atoms with Crippen LogP contribution in [0.3, 0.4) is 0 Å². The third-order valence-electron chi connectivity index (χ3n) is 0. The van der Waals surface area contributed by atoms with Crippen molar-refractivity contribution < 1.29 is 17.1 Å². The summed E-state index contributed by atoms with van der Waals surface area (Å²) in [7, 11) is 0. The Morgan fingerprint density at radius 1 is 1.40 bits per heavy atom. The van der Waals surface area contributed by atoms with E-state index in [1.54, 1.807) is 0 Å². The van der Waals surface area contributed by atoms with Gasteiger partial charge in [0, 0.05) is 0 Å². The summed E-state index contributed by atoms with van der Waals surface area (Å²) >= 11 is 4.09. The molecule has 4 N–H and O–H groups in total. The van der Waals surface area contributed by atoms with Crippen molar-refractivity contribution >= 4 is 17.3 Å². The average molecular weight is 140 g/mol. The van der Waals surface area contributed by atoms with Crippen LogP contribution in [-0.2, 0) is 17.1 Å². The van der Waals surface area contributed by atoms with Crippen LogP contribution in [0.2, 0.25) is 0 Å². The minimum atomic E-state index is 0. The van der Waals surface area contributed by atoms with Crippen molar-refractivity contribution in [1.82, 2.24) is 0 Å². The Labute approximate surface area is 46.4 Å². The Bertz CT molecular complexity index is 32.6. The molecular formula is CH4CuN2S+2. The van der Waals surface area contributed by atoms with Gasteiger partial charge in [-0.05, 0) is 12.2 Å². The molecule has 1 radical (unpaired) electrons. The van der Waals surface area contributed by atoms with Crippen LogP contribution in [0.15, 0.2) is 0 Å². The van der Waals surface area contributed by atoms with E-state index in [-0.39, 0.29) is 22.2 Å². The summed E-state index contributed by atoms with van der Waals surface area (Å²) in [6.07, 6.45) is 0. The summed E-state index contributed by atoms with van der Waals surface area (Å²) in [5.41, 5.74) is 9.24. The zero-order valence-electron chi connectivity index (χ0n) is 2.36. The topological polar surface area (TPSA) is 52.0 Å². The van der Waals surface area contributed by atoms with Crippen LogP contribution in [0.1, 0.15) is 0 Å². The molecule has 5 heavy (non-hydrogen) atoms. The summed E-state index contributed by atoms with van der Waals surface area (Å²) in [4.78, 5) is 0. The molecule has 0 aliphatic carbocycles.